The first-order chi connectivity index (χ1) is 10.1. The molecule has 1 fully saturated rings. The van der Waals surface area contributed by atoms with Gasteiger partial charge in [0.2, 0.25) is 0 Å². The van der Waals surface area contributed by atoms with Crippen molar-refractivity contribution in [2.75, 3.05) is 13.2 Å². The molecule has 114 valence electrons. The van der Waals surface area contributed by atoms with Gasteiger partial charge in [0.25, 0.3) is 5.91 Å². The van der Waals surface area contributed by atoms with E-state index in [2.05, 4.69) is 0 Å². The second-order valence-corrected chi connectivity index (χ2v) is 5.67. The molecule has 4 nitrogen and oxygen atoms in total. The summed E-state index contributed by atoms with van der Waals surface area (Å²) in [5.41, 5.74) is 0.247. The number of ether oxygens (including phenoxy) is 1. The molecule has 2 rings (SSSR count). The van der Waals surface area contributed by atoms with Gasteiger partial charge < -0.3 is 9.64 Å². The summed E-state index contributed by atoms with van der Waals surface area (Å²) in [5, 5.41) is 0.585. The van der Waals surface area contributed by atoms with Crippen LogP contribution in [-0.2, 0) is 9.53 Å². The van der Waals surface area contributed by atoms with Crippen LogP contribution in [0.15, 0.2) is 18.2 Å². The third kappa shape index (κ3) is 3.50. The summed E-state index contributed by atoms with van der Waals surface area (Å²) in [5.74, 6) is -0.683. The third-order valence-electron chi connectivity index (χ3n) is 3.50. The van der Waals surface area contributed by atoms with Crippen LogP contribution < -0.4 is 0 Å². The second-order valence-electron chi connectivity index (χ2n) is 4.86. The number of nitrogens with zero attached hydrogens (tertiary/aromatic N) is 1. The van der Waals surface area contributed by atoms with Gasteiger partial charge in [-0.1, -0.05) is 29.3 Å². The maximum atomic E-state index is 12.7. The number of esters is 1. The molecule has 1 atom stereocenters. The summed E-state index contributed by atoms with van der Waals surface area (Å²) >= 11 is 12.2. The third-order valence-corrected chi connectivity index (χ3v) is 4.13. The molecule has 1 unspecified atom stereocenters. The average Bonchev–Trinajstić information content (AvgIpc) is 2.47. The number of amides is 1. The van der Waals surface area contributed by atoms with Crippen molar-refractivity contribution in [2.45, 2.75) is 32.2 Å². The number of rotatable bonds is 3. The van der Waals surface area contributed by atoms with Crippen LogP contribution in [0.5, 0.6) is 0 Å². The van der Waals surface area contributed by atoms with Gasteiger partial charge in [0.1, 0.15) is 6.04 Å². The van der Waals surface area contributed by atoms with Crippen LogP contribution in [0.3, 0.4) is 0 Å². The predicted molar refractivity (Wildman–Crippen MR) is 81.8 cm³/mol. The van der Waals surface area contributed by atoms with Crippen molar-refractivity contribution in [1.29, 1.82) is 0 Å². The molecule has 0 saturated carbocycles. The minimum Gasteiger partial charge on any atom is -0.464 e. The van der Waals surface area contributed by atoms with Crippen molar-refractivity contribution in [3.05, 3.63) is 33.8 Å². The zero-order chi connectivity index (χ0) is 15.4. The predicted octanol–water partition coefficient (Wildman–Crippen LogP) is 3.55. The highest BCUT2D eigenvalue weighted by Gasteiger charge is 2.34. The van der Waals surface area contributed by atoms with Gasteiger partial charge in [0.15, 0.2) is 0 Å². The molecule has 0 spiro atoms. The van der Waals surface area contributed by atoms with Gasteiger partial charge in [-0.3, -0.25) is 4.79 Å². The van der Waals surface area contributed by atoms with Crippen molar-refractivity contribution >= 4 is 35.1 Å². The first-order valence-corrected chi connectivity index (χ1v) is 7.73. The topological polar surface area (TPSA) is 46.6 Å². The molecule has 21 heavy (non-hydrogen) atoms. The molecule has 0 radical (unpaired) electrons. The van der Waals surface area contributed by atoms with E-state index in [1.807, 2.05) is 0 Å². The zero-order valence-electron chi connectivity index (χ0n) is 11.8. The van der Waals surface area contributed by atoms with Gasteiger partial charge in [0.05, 0.1) is 22.2 Å². The van der Waals surface area contributed by atoms with Crippen LogP contribution in [0.4, 0.5) is 0 Å². The Balaban J connectivity index is 2.29. The maximum absolute atomic E-state index is 12.7. The number of halogens is 2. The fourth-order valence-electron chi connectivity index (χ4n) is 2.50. The minimum atomic E-state index is -0.557. The highest BCUT2D eigenvalue weighted by atomic mass is 35.5. The molecule has 1 amide bonds. The normalized spacial score (nSPS) is 18.4. The molecule has 0 aliphatic carbocycles. The molecule has 6 heteroatoms. The monoisotopic (exact) mass is 329 g/mol. The quantitative estimate of drug-likeness (QED) is 0.796. The lowest BCUT2D eigenvalue weighted by Gasteiger charge is -2.34. The summed E-state index contributed by atoms with van der Waals surface area (Å²) < 4.78 is 5.06. The maximum Gasteiger partial charge on any atom is 0.328 e. The molecule has 1 heterocycles. The van der Waals surface area contributed by atoms with Crippen LogP contribution in [0.2, 0.25) is 10.0 Å². The van der Waals surface area contributed by atoms with Gasteiger partial charge in [-0.15, -0.1) is 0 Å². The Morgan fingerprint density at radius 2 is 1.95 bits per heavy atom. The molecule has 0 N–H and O–H groups in total. The summed E-state index contributed by atoms with van der Waals surface area (Å²) in [6.07, 6.45) is 2.35. The van der Waals surface area contributed by atoms with E-state index in [0.717, 1.165) is 12.8 Å². The molecule has 1 saturated heterocycles. The molecule has 1 aromatic rings. The number of benzene rings is 1. The van der Waals surface area contributed by atoms with Gasteiger partial charge in [-0.25, -0.2) is 4.79 Å². The van der Waals surface area contributed by atoms with E-state index in [9.17, 15) is 9.59 Å². The van der Waals surface area contributed by atoms with E-state index in [1.54, 1.807) is 25.1 Å². The molecular formula is C15H17Cl2NO3. The number of carbonyl (C=O) groups excluding carboxylic acids is 2. The number of likely N-dealkylation sites (tertiary alicyclic amines) is 1. The first-order valence-electron chi connectivity index (χ1n) is 6.98. The lowest BCUT2D eigenvalue weighted by atomic mass is 10.0. The highest BCUT2D eigenvalue weighted by molar-refractivity contribution is 6.39. The van der Waals surface area contributed by atoms with Crippen LogP contribution in [0, 0.1) is 0 Å². The lowest BCUT2D eigenvalue weighted by Crippen LogP contribution is -2.48. The van der Waals surface area contributed by atoms with E-state index in [1.165, 1.54) is 4.90 Å². The van der Waals surface area contributed by atoms with Crippen LogP contribution >= 0.6 is 23.2 Å². The van der Waals surface area contributed by atoms with Crippen LogP contribution in [-0.4, -0.2) is 36.0 Å². The second kappa shape index (κ2) is 7.14. The standard InChI is InChI=1S/C15H17Cl2NO3/c1-2-21-15(20)12-8-3-4-9-18(12)14(19)13-10(16)6-5-7-11(13)17/h5-7,12H,2-4,8-9H2,1H3. The first kappa shape index (κ1) is 16.1. The Labute approximate surface area is 134 Å². The van der Waals surface area contributed by atoms with Gasteiger partial charge in [-0.05, 0) is 38.3 Å². The van der Waals surface area contributed by atoms with Crippen LogP contribution in [0.25, 0.3) is 0 Å². The van der Waals surface area contributed by atoms with Crippen molar-refractivity contribution in [3.8, 4) is 0 Å². The fraction of sp³-hybridized carbons (Fsp3) is 0.467. The van der Waals surface area contributed by atoms with E-state index in [0.29, 0.717) is 29.6 Å². The summed E-state index contributed by atoms with van der Waals surface area (Å²) in [4.78, 5) is 26.3. The summed E-state index contributed by atoms with van der Waals surface area (Å²) in [6.45, 7) is 2.55. The minimum absolute atomic E-state index is 0.247. The summed E-state index contributed by atoms with van der Waals surface area (Å²) in [7, 11) is 0. The van der Waals surface area contributed by atoms with E-state index >= 15 is 0 Å². The van der Waals surface area contributed by atoms with Gasteiger partial charge in [-0.2, -0.15) is 0 Å². The average molecular weight is 330 g/mol. The Kier molecular flexibility index (Phi) is 5.48. The Bertz CT molecular complexity index is 527. The number of piperidine rings is 1. The number of hydrogen-bond donors (Lipinski definition) is 0. The fourth-order valence-corrected chi connectivity index (χ4v) is 3.06. The Morgan fingerprint density at radius 1 is 1.29 bits per heavy atom. The highest BCUT2D eigenvalue weighted by Crippen LogP contribution is 2.28. The van der Waals surface area contributed by atoms with Crippen LogP contribution in [0.1, 0.15) is 36.5 Å². The zero-order valence-corrected chi connectivity index (χ0v) is 13.3. The smallest absolute Gasteiger partial charge is 0.328 e. The Hall–Kier alpha value is -1.26. The van der Waals surface area contributed by atoms with E-state index in [-0.39, 0.29) is 17.4 Å². The largest absolute Gasteiger partial charge is 0.464 e. The molecule has 1 aliphatic heterocycles. The summed E-state index contributed by atoms with van der Waals surface area (Å²) in [6, 6.07) is 4.35. The van der Waals surface area contributed by atoms with E-state index < -0.39 is 6.04 Å². The molecular weight excluding hydrogens is 313 g/mol. The number of carbonyl (C=O) groups is 2. The van der Waals surface area contributed by atoms with Gasteiger partial charge >= 0.3 is 5.97 Å². The molecule has 1 aromatic carbocycles. The van der Waals surface area contributed by atoms with Crippen molar-refractivity contribution < 1.29 is 14.3 Å². The van der Waals surface area contributed by atoms with Gasteiger partial charge in [0, 0.05) is 6.54 Å². The number of hydrogen-bond acceptors (Lipinski definition) is 3. The molecule has 0 bridgehead atoms. The Morgan fingerprint density at radius 3 is 2.57 bits per heavy atom. The van der Waals surface area contributed by atoms with Crippen molar-refractivity contribution in [2.24, 2.45) is 0 Å². The lowest BCUT2D eigenvalue weighted by molar-refractivity contribution is -0.149. The SMILES string of the molecule is CCOC(=O)C1CCCCN1C(=O)c1c(Cl)cccc1Cl. The van der Waals surface area contributed by atoms with Crippen molar-refractivity contribution in [3.63, 3.8) is 0 Å². The molecule has 1 aliphatic rings. The van der Waals surface area contributed by atoms with Crippen molar-refractivity contribution in [1.82, 2.24) is 4.90 Å². The molecule has 0 aromatic heterocycles. The van der Waals surface area contributed by atoms with E-state index in [4.69, 9.17) is 27.9 Å².